The zero-order valence-corrected chi connectivity index (χ0v) is 15.1. The van der Waals surface area contributed by atoms with Crippen molar-refractivity contribution in [2.75, 3.05) is 13.7 Å². The average Bonchev–Trinajstić information content (AvgIpc) is 3.31. The Hall–Kier alpha value is -2.67. The Morgan fingerprint density at radius 3 is 3.04 bits per heavy atom. The number of methoxy groups -OCH3 is 1. The second kappa shape index (κ2) is 8.14. The second-order valence-corrected chi connectivity index (χ2v) is 6.48. The molecule has 0 saturated carbocycles. The number of carbonyl (C=O) groups excluding carboxylic acids is 1. The second-order valence-electron chi connectivity index (χ2n) is 6.48. The molecule has 26 heavy (non-hydrogen) atoms. The van der Waals surface area contributed by atoms with Crippen LogP contribution in [0.15, 0.2) is 36.5 Å². The number of likely N-dealkylation sites (tertiary alicyclic amines) is 1. The number of hydrogen-bond donors (Lipinski definition) is 1. The number of benzene rings is 1. The van der Waals surface area contributed by atoms with Crippen molar-refractivity contribution >= 4 is 11.5 Å². The highest BCUT2D eigenvalue weighted by Gasteiger charge is 2.28. The van der Waals surface area contributed by atoms with Gasteiger partial charge in [-0.3, -0.25) is 9.48 Å². The van der Waals surface area contributed by atoms with E-state index < -0.39 is 0 Å². The van der Waals surface area contributed by atoms with Gasteiger partial charge in [0.1, 0.15) is 11.4 Å². The largest absolute Gasteiger partial charge is 0.497 e. The van der Waals surface area contributed by atoms with E-state index in [2.05, 4.69) is 10.3 Å². The van der Waals surface area contributed by atoms with E-state index in [9.17, 15) is 4.79 Å². The lowest BCUT2D eigenvalue weighted by molar-refractivity contribution is -0.127. The summed E-state index contributed by atoms with van der Waals surface area (Å²) < 4.78 is 6.94. The van der Waals surface area contributed by atoms with Gasteiger partial charge in [0.2, 0.25) is 5.91 Å². The topological polar surface area (TPSA) is 80.5 Å². The minimum atomic E-state index is -0.129. The SMILES string of the molecule is COc1cccc(/C(C)=C/C(=O)N2CCC[C@H]2Cn2cc(CO)nn2)c1. The molecule has 7 heteroatoms. The van der Waals surface area contributed by atoms with Gasteiger partial charge in [0.15, 0.2) is 0 Å². The van der Waals surface area contributed by atoms with Crippen molar-refractivity contribution in [3.8, 4) is 5.75 Å². The Bertz CT molecular complexity index is 800. The van der Waals surface area contributed by atoms with Crippen LogP contribution in [0, 0.1) is 0 Å². The van der Waals surface area contributed by atoms with Crippen LogP contribution in [0.4, 0.5) is 0 Å². The number of rotatable bonds is 6. The first-order chi connectivity index (χ1) is 12.6. The quantitative estimate of drug-likeness (QED) is 0.799. The lowest BCUT2D eigenvalue weighted by Gasteiger charge is -2.23. The fraction of sp³-hybridized carbons (Fsp3) is 0.421. The lowest BCUT2D eigenvalue weighted by atomic mass is 10.1. The molecule has 7 nitrogen and oxygen atoms in total. The van der Waals surface area contributed by atoms with Crippen molar-refractivity contribution < 1.29 is 14.6 Å². The first kappa shape index (κ1) is 18.1. The van der Waals surface area contributed by atoms with E-state index in [4.69, 9.17) is 9.84 Å². The average molecular weight is 356 g/mol. The van der Waals surface area contributed by atoms with Crippen LogP contribution in [0.3, 0.4) is 0 Å². The molecule has 1 aromatic heterocycles. The Balaban J connectivity index is 1.70. The van der Waals surface area contributed by atoms with Crippen molar-refractivity contribution in [3.05, 3.63) is 47.8 Å². The van der Waals surface area contributed by atoms with Crippen LogP contribution >= 0.6 is 0 Å². The number of hydrogen-bond acceptors (Lipinski definition) is 5. The van der Waals surface area contributed by atoms with E-state index >= 15 is 0 Å². The molecule has 1 aromatic carbocycles. The predicted molar refractivity (Wildman–Crippen MR) is 97.3 cm³/mol. The normalized spacial score (nSPS) is 17.6. The maximum Gasteiger partial charge on any atom is 0.247 e. The number of carbonyl (C=O) groups is 1. The van der Waals surface area contributed by atoms with Gasteiger partial charge < -0.3 is 14.7 Å². The summed E-state index contributed by atoms with van der Waals surface area (Å²) in [5, 5.41) is 17.0. The summed E-state index contributed by atoms with van der Waals surface area (Å²) in [6, 6.07) is 7.78. The number of allylic oxidation sites excluding steroid dienone is 1. The van der Waals surface area contributed by atoms with Crippen LogP contribution < -0.4 is 4.74 Å². The molecular formula is C19H24N4O3. The molecule has 1 aliphatic rings. The molecule has 1 aliphatic heterocycles. The minimum absolute atomic E-state index is 0.00955. The Morgan fingerprint density at radius 2 is 2.31 bits per heavy atom. The van der Waals surface area contributed by atoms with Gasteiger partial charge in [-0.1, -0.05) is 17.3 Å². The van der Waals surface area contributed by atoms with E-state index in [1.54, 1.807) is 24.1 Å². The number of nitrogens with zero attached hydrogens (tertiary/aromatic N) is 4. The van der Waals surface area contributed by atoms with Gasteiger partial charge in [0, 0.05) is 12.6 Å². The van der Waals surface area contributed by atoms with Gasteiger partial charge in [-0.2, -0.15) is 0 Å². The summed E-state index contributed by atoms with van der Waals surface area (Å²) in [5.41, 5.74) is 2.41. The Labute approximate surface area is 152 Å². The molecule has 0 bridgehead atoms. The highest BCUT2D eigenvalue weighted by molar-refractivity contribution is 5.95. The maximum absolute atomic E-state index is 12.8. The standard InChI is InChI=1S/C19H24N4O3/c1-14(15-5-3-7-18(10-15)26-2)9-19(25)23-8-4-6-17(23)12-22-11-16(13-24)20-21-22/h3,5,7,9-11,17,24H,4,6,8,12-13H2,1-2H3/b14-9+/t17-/m0/s1. The number of ether oxygens (including phenoxy) is 1. The van der Waals surface area contributed by atoms with Crippen LogP contribution in [0.1, 0.15) is 31.0 Å². The summed E-state index contributed by atoms with van der Waals surface area (Å²) in [6.07, 6.45) is 5.32. The fourth-order valence-corrected chi connectivity index (χ4v) is 3.25. The first-order valence-corrected chi connectivity index (χ1v) is 8.74. The Morgan fingerprint density at radius 1 is 1.46 bits per heavy atom. The molecule has 1 N–H and O–H groups in total. The molecule has 1 saturated heterocycles. The maximum atomic E-state index is 12.8. The van der Waals surface area contributed by atoms with E-state index in [0.717, 1.165) is 36.3 Å². The number of aliphatic hydroxyl groups is 1. The molecule has 0 spiro atoms. The molecule has 1 atom stereocenters. The van der Waals surface area contributed by atoms with E-state index in [1.807, 2.05) is 36.1 Å². The number of aliphatic hydroxyl groups excluding tert-OH is 1. The molecule has 3 rings (SSSR count). The summed E-state index contributed by atoms with van der Waals surface area (Å²) in [5.74, 6) is 0.780. The van der Waals surface area contributed by atoms with Crippen molar-refractivity contribution in [3.63, 3.8) is 0 Å². The first-order valence-electron chi connectivity index (χ1n) is 8.74. The predicted octanol–water partition coefficient (Wildman–Crippen LogP) is 1.87. The lowest BCUT2D eigenvalue weighted by Crippen LogP contribution is -2.37. The van der Waals surface area contributed by atoms with Crippen LogP contribution in [-0.4, -0.2) is 50.6 Å². The molecule has 0 radical (unpaired) electrons. The summed E-state index contributed by atoms with van der Waals surface area (Å²) in [7, 11) is 1.63. The van der Waals surface area contributed by atoms with Gasteiger partial charge in [-0.05, 0) is 43.0 Å². The van der Waals surface area contributed by atoms with Crippen LogP contribution in [0.25, 0.3) is 5.57 Å². The van der Waals surface area contributed by atoms with Crippen molar-refractivity contribution in [2.24, 2.45) is 0 Å². The minimum Gasteiger partial charge on any atom is -0.497 e. The highest BCUT2D eigenvalue weighted by atomic mass is 16.5. The molecule has 2 heterocycles. The third-order valence-corrected chi connectivity index (χ3v) is 4.67. The van der Waals surface area contributed by atoms with E-state index in [1.165, 1.54) is 0 Å². The van der Waals surface area contributed by atoms with Gasteiger partial charge >= 0.3 is 0 Å². The molecule has 2 aromatic rings. The van der Waals surface area contributed by atoms with Crippen molar-refractivity contribution in [1.82, 2.24) is 19.9 Å². The summed E-state index contributed by atoms with van der Waals surface area (Å²) >= 11 is 0. The fourth-order valence-electron chi connectivity index (χ4n) is 3.25. The molecule has 1 amide bonds. The van der Waals surface area contributed by atoms with Gasteiger partial charge in [-0.25, -0.2) is 0 Å². The smallest absolute Gasteiger partial charge is 0.247 e. The van der Waals surface area contributed by atoms with Gasteiger partial charge in [0.25, 0.3) is 0 Å². The van der Waals surface area contributed by atoms with E-state index in [0.29, 0.717) is 12.2 Å². The third kappa shape index (κ3) is 4.11. The summed E-state index contributed by atoms with van der Waals surface area (Å²) in [6.45, 7) is 3.14. The van der Waals surface area contributed by atoms with Crippen molar-refractivity contribution in [2.45, 2.75) is 39.0 Å². The zero-order chi connectivity index (χ0) is 18.5. The molecule has 1 fully saturated rings. The van der Waals surface area contributed by atoms with Crippen LogP contribution in [0.2, 0.25) is 0 Å². The van der Waals surface area contributed by atoms with Crippen LogP contribution in [-0.2, 0) is 17.9 Å². The number of amides is 1. The van der Waals surface area contributed by atoms with E-state index in [-0.39, 0.29) is 18.6 Å². The molecule has 0 unspecified atom stereocenters. The molecule has 138 valence electrons. The molecule has 0 aliphatic carbocycles. The van der Waals surface area contributed by atoms with Gasteiger partial charge in [0.05, 0.1) is 32.5 Å². The highest BCUT2D eigenvalue weighted by Crippen LogP contribution is 2.23. The summed E-state index contributed by atoms with van der Waals surface area (Å²) in [4.78, 5) is 14.7. The van der Waals surface area contributed by atoms with Crippen LogP contribution in [0.5, 0.6) is 5.75 Å². The number of aromatic nitrogens is 3. The Kier molecular flexibility index (Phi) is 5.68. The zero-order valence-electron chi connectivity index (χ0n) is 15.1. The van der Waals surface area contributed by atoms with Gasteiger partial charge in [-0.15, -0.1) is 5.10 Å². The van der Waals surface area contributed by atoms with Crippen molar-refractivity contribution in [1.29, 1.82) is 0 Å². The molecular weight excluding hydrogens is 332 g/mol. The third-order valence-electron chi connectivity index (χ3n) is 4.67. The monoisotopic (exact) mass is 356 g/mol.